The van der Waals surface area contributed by atoms with E-state index in [-0.39, 0.29) is 24.9 Å². The summed E-state index contributed by atoms with van der Waals surface area (Å²) in [5.74, 6) is 2.34. The lowest BCUT2D eigenvalue weighted by atomic mass is 9.95. The van der Waals surface area contributed by atoms with Crippen molar-refractivity contribution in [3.05, 3.63) is 54.6 Å². The summed E-state index contributed by atoms with van der Waals surface area (Å²) < 4.78 is 34.5. The van der Waals surface area contributed by atoms with Crippen LogP contribution >= 0.6 is 0 Å². The number of hydrogen-bond donors (Lipinski definition) is 0. The highest BCUT2D eigenvalue weighted by Gasteiger charge is 2.39. The van der Waals surface area contributed by atoms with Crippen LogP contribution < -0.4 is 14.2 Å². The molecule has 6 nitrogen and oxygen atoms in total. The summed E-state index contributed by atoms with van der Waals surface area (Å²) in [6.07, 6.45) is -0.621. The molecule has 3 aromatic carbocycles. The van der Waals surface area contributed by atoms with Gasteiger partial charge in [0.2, 0.25) is 13.1 Å². The maximum atomic E-state index is 6.37. The zero-order valence-electron chi connectivity index (χ0n) is 17.9. The lowest BCUT2D eigenvalue weighted by Gasteiger charge is -2.39. The van der Waals surface area contributed by atoms with Gasteiger partial charge in [0, 0.05) is 25.5 Å². The van der Waals surface area contributed by atoms with Crippen LogP contribution in [0.15, 0.2) is 54.6 Å². The molecule has 31 heavy (non-hydrogen) atoms. The Morgan fingerprint density at radius 1 is 0.871 bits per heavy atom. The third-order valence-corrected chi connectivity index (χ3v) is 6.12. The summed E-state index contributed by atoms with van der Waals surface area (Å²) in [5, 5.41) is 2.12. The van der Waals surface area contributed by atoms with Gasteiger partial charge in [-0.25, -0.2) is 0 Å². The van der Waals surface area contributed by atoms with Gasteiger partial charge in [-0.05, 0) is 34.7 Å². The Kier molecular flexibility index (Phi) is 5.44. The van der Waals surface area contributed by atoms with Crippen molar-refractivity contribution in [2.45, 2.75) is 25.4 Å². The normalized spacial score (nSPS) is 25.0. The fourth-order valence-corrected chi connectivity index (χ4v) is 4.45. The molecule has 0 saturated carbocycles. The number of fused-ring (bicyclic) bond motifs is 2. The average Bonchev–Trinajstić information content (AvgIpc) is 3.28. The standard InChI is InChI=1S/C25H26O6/c1-15-24(27-3)23(26-2)13-28-25(15)31-20-11-9-17(18-6-4-5-7-19(18)20)16-8-10-21-22(12-16)30-14-29-21/h4-12,15,23-25H,13-14H2,1-3H3/t15-,23-,24-,25?/m1/s1. The van der Waals surface area contributed by atoms with E-state index in [1.54, 1.807) is 14.2 Å². The highest BCUT2D eigenvalue weighted by Crippen LogP contribution is 2.40. The van der Waals surface area contributed by atoms with Gasteiger partial charge < -0.3 is 28.4 Å². The van der Waals surface area contributed by atoms with Crippen molar-refractivity contribution in [1.82, 2.24) is 0 Å². The van der Waals surface area contributed by atoms with Crippen molar-refractivity contribution >= 4 is 10.8 Å². The average molecular weight is 422 g/mol. The molecule has 6 heteroatoms. The van der Waals surface area contributed by atoms with Crippen LogP contribution in [0.1, 0.15) is 6.92 Å². The molecule has 1 saturated heterocycles. The van der Waals surface area contributed by atoms with Gasteiger partial charge >= 0.3 is 0 Å². The molecule has 2 heterocycles. The molecule has 3 aromatic rings. The third kappa shape index (κ3) is 3.61. The largest absolute Gasteiger partial charge is 0.464 e. The van der Waals surface area contributed by atoms with Crippen molar-refractivity contribution in [1.29, 1.82) is 0 Å². The molecule has 0 spiro atoms. The van der Waals surface area contributed by atoms with Gasteiger partial charge in [-0.2, -0.15) is 0 Å². The molecule has 0 bridgehead atoms. The quantitative estimate of drug-likeness (QED) is 0.597. The first-order valence-corrected chi connectivity index (χ1v) is 10.4. The molecule has 2 aliphatic heterocycles. The topological polar surface area (TPSA) is 55.4 Å². The van der Waals surface area contributed by atoms with E-state index in [2.05, 4.69) is 31.2 Å². The molecule has 4 atom stereocenters. The molecule has 0 amide bonds. The summed E-state index contributed by atoms with van der Waals surface area (Å²) in [7, 11) is 3.38. The Hall–Kier alpha value is -2.80. The Morgan fingerprint density at radius 3 is 2.48 bits per heavy atom. The number of benzene rings is 3. The van der Waals surface area contributed by atoms with Gasteiger partial charge in [-0.3, -0.25) is 0 Å². The predicted octanol–water partition coefficient (Wildman–Crippen LogP) is 4.64. The van der Waals surface area contributed by atoms with Crippen LogP contribution in [0.5, 0.6) is 17.2 Å². The van der Waals surface area contributed by atoms with Crippen LogP contribution in [0.4, 0.5) is 0 Å². The molecule has 2 aliphatic rings. The van der Waals surface area contributed by atoms with E-state index in [1.807, 2.05) is 30.3 Å². The minimum absolute atomic E-state index is 0.0102. The highest BCUT2D eigenvalue weighted by atomic mass is 16.7. The van der Waals surface area contributed by atoms with Gasteiger partial charge in [-0.1, -0.05) is 43.3 Å². The summed E-state index contributed by atoms with van der Waals surface area (Å²) in [6.45, 7) is 2.75. The number of ether oxygens (including phenoxy) is 6. The minimum Gasteiger partial charge on any atom is -0.464 e. The lowest BCUT2D eigenvalue weighted by molar-refractivity contribution is -0.226. The second kappa shape index (κ2) is 8.38. The Morgan fingerprint density at radius 2 is 1.68 bits per heavy atom. The summed E-state index contributed by atoms with van der Waals surface area (Å²) in [4.78, 5) is 0. The molecule has 1 unspecified atom stereocenters. The van der Waals surface area contributed by atoms with Crippen LogP contribution in [0, 0.1) is 5.92 Å². The van der Waals surface area contributed by atoms with Crippen LogP contribution in [-0.4, -0.2) is 46.1 Å². The molecule has 0 aromatic heterocycles. The Bertz CT molecular complexity index is 1080. The van der Waals surface area contributed by atoms with Crippen LogP contribution in [0.25, 0.3) is 21.9 Å². The van der Waals surface area contributed by atoms with Crippen LogP contribution in [0.3, 0.4) is 0 Å². The molecule has 0 radical (unpaired) electrons. The molecular weight excluding hydrogens is 396 g/mol. The smallest absolute Gasteiger partial charge is 0.231 e. The molecular formula is C25H26O6. The maximum absolute atomic E-state index is 6.37. The summed E-state index contributed by atoms with van der Waals surface area (Å²) >= 11 is 0. The fraction of sp³-hybridized carbons (Fsp3) is 0.360. The molecule has 162 valence electrons. The van der Waals surface area contributed by atoms with Crippen molar-refractivity contribution in [2.24, 2.45) is 5.92 Å². The Balaban J connectivity index is 1.48. The second-order valence-corrected chi connectivity index (χ2v) is 7.88. The van der Waals surface area contributed by atoms with Crippen molar-refractivity contribution in [3.8, 4) is 28.4 Å². The van der Waals surface area contributed by atoms with Gasteiger partial charge in [-0.15, -0.1) is 0 Å². The zero-order valence-corrected chi connectivity index (χ0v) is 17.9. The number of methoxy groups -OCH3 is 2. The van der Waals surface area contributed by atoms with Crippen LogP contribution in [-0.2, 0) is 14.2 Å². The van der Waals surface area contributed by atoms with Gasteiger partial charge in [0.15, 0.2) is 11.5 Å². The van der Waals surface area contributed by atoms with E-state index in [1.165, 1.54) is 0 Å². The first-order valence-electron chi connectivity index (χ1n) is 10.4. The Labute approximate surface area is 181 Å². The van der Waals surface area contributed by atoms with Gasteiger partial charge in [0.1, 0.15) is 11.9 Å². The fourth-order valence-electron chi connectivity index (χ4n) is 4.45. The number of hydrogen-bond acceptors (Lipinski definition) is 6. The van der Waals surface area contributed by atoms with Gasteiger partial charge in [0.25, 0.3) is 0 Å². The van der Waals surface area contributed by atoms with Crippen molar-refractivity contribution in [3.63, 3.8) is 0 Å². The number of rotatable bonds is 5. The molecule has 1 fully saturated rings. The highest BCUT2D eigenvalue weighted by molar-refractivity contribution is 6.00. The molecule has 0 aliphatic carbocycles. The van der Waals surface area contributed by atoms with Crippen molar-refractivity contribution in [2.75, 3.05) is 27.6 Å². The summed E-state index contributed by atoms with van der Waals surface area (Å²) in [6, 6.07) is 18.3. The summed E-state index contributed by atoms with van der Waals surface area (Å²) in [5.41, 5.74) is 2.17. The first-order chi connectivity index (χ1) is 15.2. The maximum Gasteiger partial charge on any atom is 0.231 e. The second-order valence-electron chi connectivity index (χ2n) is 7.88. The van der Waals surface area contributed by atoms with Gasteiger partial charge in [0.05, 0.1) is 12.7 Å². The zero-order chi connectivity index (χ0) is 21.4. The molecule has 0 N–H and O–H groups in total. The molecule has 5 rings (SSSR count). The predicted molar refractivity (Wildman–Crippen MR) is 117 cm³/mol. The van der Waals surface area contributed by atoms with E-state index in [0.717, 1.165) is 39.1 Å². The minimum atomic E-state index is -0.420. The van der Waals surface area contributed by atoms with E-state index in [9.17, 15) is 0 Å². The monoisotopic (exact) mass is 422 g/mol. The van der Waals surface area contributed by atoms with E-state index < -0.39 is 6.29 Å². The van der Waals surface area contributed by atoms with E-state index >= 15 is 0 Å². The van der Waals surface area contributed by atoms with Crippen molar-refractivity contribution < 1.29 is 28.4 Å². The SMILES string of the molecule is CO[C@H]1[C@H](OC)COC(Oc2ccc(-c3ccc4c(c3)OCO4)c3ccccc23)[C@@H]1C. The van der Waals surface area contributed by atoms with E-state index in [0.29, 0.717) is 6.61 Å². The first kappa shape index (κ1) is 20.1. The lowest BCUT2D eigenvalue weighted by Crippen LogP contribution is -2.51. The van der Waals surface area contributed by atoms with Crippen LogP contribution in [0.2, 0.25) is 0 Å². The third-order valence-electron chi connectivity index (χ3n) is 6.12. The van der Waals surface area contributed by atoms with E-state index in [4.69, 9.17) is 28.4 Å².